The summed E-state index contributed by atoms with van der Waals surface area (Å²) < 4.78 is 48.0. The average Bonchev–Trinajstić information content (AvgIpc) is 3.43. The van der Waals surface area contributed by atoms with Gasteiger partial charge < -0.3 is 9.32 Å². The molecule has 0 unspecified atom stereocenters. The number of hydrogen-bond acceptors (Lipinski definition) is 6. The SMILES string of the molecule is N#Cc1c(-c2ccco2)nn2ccc(N3CCN(Cc4c(F)cc(F)cc4F)CC3)nc12. The Morgan fingerprint density at radius 3 is 2.47 bits per heavy atom. The average molecular weight is 438 g/mol. The summed E-state index contributed by atoms with van der Waals surface area (Å²) in [6.07, 6.45) is 3.25. The third kappa shape index (κ3) is 3.56. The number of rotatable bonds is 4. The predicted octanol–water partition coefficient (Wildman–Crippen LogP) is 3.60. The Balaban J connectivity index is 1.34. The minimum absolute atomic E-state index is 0.0615. The molecule has 4 heterocycles. The molecule has 1 fully saturated rings. The Morgan fingerprint density at radius 1 is 1.06 bits per heavy atom. The molecule has 3 aromatic heterocycles. The summed E-state index contributed by atoms with van der Waals surface area (Å²) in [6.45, 7) is 2.31. The van der Waals surface area contributed by atoms with E-state index in [0.29, 0.717) is 66.8 Å². The van der Waals surface area contributed by atoms with Gasteiger partial charge in [-0.1, -0.05) is 0 Å². The van der Waals surface area contributed by atoms with Gasteiger partial charge in [0.2, 0.25) is 0 Å². The van der Waals surface area contributed by atoms with E-state index in [1.165, 1.54) is 10.8 Å². The van der Waals surface area contributed by atoms with Gasteiger partial charge in [-0.2, -0.15) is 10.4 Å². The molecule has 1 aliphatic rings. The molecule has 0 saturated carbocycles. The molecule has 5 rings (SSSR count). The molecule has 0 amide bonds. The molecule has 1 aliphatic heterocycles. The smallest absolute Gasteiger partial charge is 0.175 e. The van der Waals surface area contributed by atoms with Crippen LogP contribution < -0.4 is 4.90 Å². The van der Waals surface area contributed by atoms with Crippen molar-refractivity contribution in [3.8, 4) is 17.5 Å². The maximum atomic E-state index is 14.0. The highest BCUT2D eigenvalue weighted by molar-refractivity contribution is 5.73. The summed E-state index contributed by atoms with van der Waals surface area (Å²) in [5.41, 5.74) is 1.04. The van der Waals surface area contributed by atoms with Gasteiger partial charge in [-0.15, -0.1) is 0 Å². The first-order valence-electron chi connectivity index (χ1n) is 9.97. The number of nitriles is 1. The van der Waals surface area contributed by atoms with Crippen molar-refractivity contribution in [3.63, 3.8) is 0 Å². The number of piperazine rings is 1. The standard InChI is InChI=1S/C22H17F3N6O/c23-14-10-17(24)16(18(25)11-14)13-29-5-7-30(8-6-29)20-3-4-31-22(27-20)15(12-26)21(28-31)19-2-1-9-32-19/h1-4,9-11H,5-8,13H2. The number of halogens is 3. The lowest BCUT2D eigenvalue weighted by Crippen LogP contribution is -2.46. The van der Waals surface area contributed by atoms with Crippen LogP contribution in [0.5, 0.6) is 0 Å². The zero-order chi connectivity index (χ0) is 22.2. The number of furan rings is 1. The first kappa shape index (κ1) is 20.1. The van der Waals surface area contributed by atoms with E-state index in [9.17, 15) is 18.4 Å². The van der Waals surface area contributed by atoms with Crippen LogP contribution in [0.25, 0.3) is 17.1 Å². The third-order valence-electron chi connectivity index (χ3n) is 5.52. The Labute approximate surface area is 180 Å². The van der Waals surface area contributed by atoms with Gasteiger partial charge in [-0.25, -0.2) is 22.7 Å². The lowest BCUT2D eigenvalue weighted by molar-refractivity contribution is 0.242. The predicted molar refractivity (Wildman–Crippen MR) is 109 cm³/mol. The number of nitrogens with zero attached hydrogens (tertiary/aromatic N) is 6. The van der Waals surface area contributed by atoms with E-state index in [2.05, 4.69) is 16.2 Å². The number of hydrogen-bond donors (Lipinski definition) is 0. The van der Waals surface area contributed by atoms with Gasteiger partial charge in [0.1, 0.15) is 40.6 Å². The highest BCUT2D eigenvalue weighted by Gasteiger charge is 2.23. The van der Waals surface area contributed by atoms with Crippen LogP contribution in [0.4, 0.5) is 19.0 Å². The fraction of sp³-hybridized carbons (Fsp3) is 0.227. The Kier molecular flexibility index (Phi) is 5.03. The molecule has 1 aromatic carbocycles. The van der Waals surface area contributed by atoms with E-state index in [1.807, 2.05) is 15.9 Å². The van der Waals surface area contributed by atoms with Crippen molar-refractivity contribution < 1.29 is 17.6 Å². The van der Waals surface area contributed by atoms with Gasteiger partial charge in [0.25, 0.3) is 0 Å². The molecule has 0 radical (unpaired) electrons. The van der Waals surface area contributed by atoms with E-state index < -0.39 is 17.5 Å². The van der Waals surface area contributed by atoms with Crippen LogP contribution in [-0.2, 0) is 6.54 Å². The summed E-state index contributed by atoms with van der Waals surface area (Å²) in [7, 11) is 0. The highest BCUT2D eigenvalue weighted by atomic mass is 19.1. The van der Waals surface area contributed by atoms with E-state index in [4.69, 9.17) is 4.42 Å². The molecule has 4 aromatic rings. The maximum absolute atomic E-state index is 14.0. The van der Waals surface area contributed by atoms with Gasteiger partial charge in [0.05, 0.1) is 6.26 Å². The second-order valence-corrected chi connectivity index (χ2v) is 7.48. The molecule has 32 heavy (non-hydrogen) atoms. The molecular formula is C22H17F3N6O. The van der Waals surface area contributed by atoms with Crippen LogP contribution in [0.15, 0.2) is 47.2 Å². The summed E-state index contributed by atoms with van der Waals surface area (Å²) >= 11 is 0. The van der Waals surface area contributed by atoms with E-state index >= 15 is 0 Å². The highest BCUT2D eigenvalue weighted by Crippen LogP contribution is 2.27. The normalized spacial score (nSPS) is 14.8. The topological polar surface area (TPSA) is 73.6 Å². The molecule has 0 spiro atoms. The van der Waals surface area contributed by atoms with Crippen LogP contribution in [0.1, 0.15) is 11.1 Å². The fourth-order valence-electron chi connectivity index (χ4n) is 3.87. The monoisotopic (exact) mass is 438 g/mol. The van der Waals surface area contributed by atoms with Crippen molar-refractivity contribution in [2.45, 2.75) is 6.54 Å². The first-order valence-corrected chi connectivity index (χ1v) is 9.97. The molecule has 0 bridgehead atoms. The molecule has 10 heteroatoms. The van der Waals surface area contributed by atoms with Crippen LogP contribution in [0.3, 0.4) is 0 Å². The number of aromatic nitrogens is 3. The lowest BCUT2D eigenvalue weighted by atomic mass is 10.1. The molecule has 162 valence electrons. The van der Waals surface area contributed by atoms with Crippen molar-refractivity contribution in [2.75, 3.05) is 31.1 Å². The Hall–Kier alpha value is -3.84. The van der Waals surface area contributed by atoms with Gasteiger partial charge in [0.15, 0.2) is 11.4 Å². The van der Waals surface area contributed by atoms with Crippen LogP contribution in [0, 0.1) is 28.8 Å². The largest absolute Gasteiger partial charge is 0.463 e. The van der Waals surface area contributed by atoms with Crippen LogP contribution >= 0.6 is 0 Å². The van der Waals surface area contributed by atoms with E-state index in [0.717, 1.165) is 0 Å². The molecular weight excluding hydrogens is 421 g/mol. The number of benzene rings is 1. The van der Waals surface area contributed by atoms with Gasteiger partial charge in [0, 0.05) is 56.6 Å². The minimum atomic E-state index is -0.929. The summed E-state index contributed by atoms with van der Waals surface area (Å²) in [6, 6.07) is 8.81. The zero-order valence-electron chi connectivity index (χ0n) is 16.8. The van der Waals surface area contributed by atoms with E-state index in [-0.39, 0.29) is 12.1 Å². The quantitative estimate of drug-likeness (QED) is 0.485. The summed E-state index contributed by atoms with van der Waals surface area (Å²) in [5.74, 6) is -1.52. The molecule has 0 N–H and O–H groups in total. The molecule has 0 aliphatic carbocycles. The second-order valence-electron chi connectivity index (χ2n) is 7.48. The number of anilines is 1. The Morgan fingerprint density at radius 2 is 1.81 bits per heavy atom. The molecule has 0 atom stereocenters. The van der Waals surface area contributed by atoms with E-state index in [1.54, 1.807) is 18.3 Å². The van der Waals surface area contributed by atoms with Crippen molar-refractivity contribution in [1.29, 1.82) is 5.26 Å². The van der Waals surface area contributed by atoms with Crippen LogP contribution in [0.2, 0.25) is 0 Å². The fourth-order valence-corrected chi connectivity index (χ4v) is 3.87. The van der Waals surface area contributed by atoms with Gasteiger partial charge in [-0.3, -0.25) is 4.90 Å². The van der Waals surface area contributed by atoms with Crippen molar-refractivity contribution in [2.24, 2.45) is 0 Å². The van der Waals surface area contributed by atoms with Gasteiger partial charge >= 0.3 is 0 Å². The molecule has 1 saturated heterocycles. The van der Waals surface area contributed by atoms with Crippen molar-refractivity contribution >= 4 is 11.5 Å². The van der Waals surface area contributed by atoms with Crippen molar-refractivity contribution in [3.05, 3.63) is 71.4 Å². The number of fused-ring (bicyclic) bond motifs is 1. The minimum Gasteiger partial charge on any atom is -0.463 e. The molecule has 7 nitrogen and oxygen atoms in total. The zero-order valence-corrected chi connectivity index (χ0v) is 16.8. The second kappa shape index (κ2) is 8.01. The Bertz CT molecular complexity index is 1300. The maximum Gasteiger partial charge on any atom is 0.175 e. The van der Waals surface area contributed by atoms with Crippen LogP contribution in [-0.4, -0.2) is 45.7 Å². The van der Waals surface area contributed by atoms with Gasteiger partial charge in [-0.05, 0) is 18.2 Å². The first-order chi connectivity index (χ1) is 15.5. The lowest BCUT2D eigenvalue weighted by Gasteiger charge is -2.35. The third-order valence-corrected chi connectivity index (χ3v) is 5.52. The summed E-state index contributed by atoms with van der Waals surface area (Å²) in [5, 5.41) is 14.1. The van der Waals surface area contributed by atoms with Crippen molar-refractivity contribution in [1.82, 2.24) is 19.5 Å². The summed E-state index contributed by atoms with van der Waals surface area (Å²) in [4.78, 5) is 8.57.